The Morgan fingerprint density at radius 3 is 2.81 bits per heavy atom. The smallest absolute Gasteiger partial charge is 0.230 e. The average Bonchev–Trinajstić information content (AvgIpc) is 3.27. The minimum Gasteiger partial charge on any atom is -0.348 e. The monoisotopic (exact) mass is 385 g/mol. The summed E-state index contributed by atoms with van der Waals surface area (Å²) < 4.78 is 0. The molecule has 0 spiro atoms. The van der Waals surface area contributed by atoms with Crippen molar-refractivity contribution in [2.45, 2.75) is 19.4 Å². The van der Waals surface area contributed by atoms with Gasteiger partial charge in [-0.05, 0) is 36.9 Å². The standard InChI is InChI=1S/C20H27N5OS/c1-23(2)18(26)20-7-4-10-24(14-17-6-3-11-27-17)12-16(20)13-25(15-20)19-21-8-5-9-22-19/h3,5-6,8-9,11,16H,4,7,10,12-15H2,1-2H3/t16-,20-/m0/s1. The summed E-state index contributed by atoms with van der Waals surface area (Å²) in [7, 11) is 3.76. The molecular formula is C20H27N5OS. The lowest BCUT2D eigenvalue weighted by molar-refractivity contribution is -0.141. The maximum atomic E-state index is 13.3. The van der Waals surface area contributed by atoms with Crippen molar-refractivity contribution in [1.82, 2.24) is 19.8 Å². The van der Waals surface area contributed by atoms with Crippen LogP contribution >= 0.6 is 11.3 Å². The van der Waals surface area contributed by atoms with E-state index >= 15 is 0 Å². The minimum atomic E-state index is -0.340. The Morgan fingerprint density at radius 2 is 2.11 bits per heavy atom. The van der Waals surface area contributed by atoms with Crippen LogP contribution in [0.2, 0.25) is 0 Å². The highest BCUT2D eigenvalue weighted by Crippen LogP contribution is 2.44. The van der Waals surface area contributed by atoms with E-state index < -0.39 is 0 Å². The van der Waals surface area contributed by atoms with Gasteiger partial charge in [0.1, 0.15) is 0 Å². The normalized spacial score (nSPS) is 25.9. The summed E-state index contributed by atoms with van der Waals surface area (Å²) in [6.07, 6.45) is 5.53. The number of likely N-dealkylation sites (tertiary alicyclic amines) is 1. The van der Waals surface area contributed by atoms with Crippen molar-refractivity contribution in [3.63, 3.8) is 0 Å². The molecule has 0 aromatic carbocycles. The number of fused-ring (bicyclic) bond motifs is 1. The molecule has 144 valence electrons. The highest BCUT2D eigenvalue weighted by molar-refractivity contribution is 7.09. The van der Waals surface area contributed by atoms with E-state index in [0.29, 0.717) is 12.5 Å². The molecule has 1 amide bonds. The average molecular weight is 386 g/mol. The van der Waals surface area contributed by atoms with Crippen LogP contribution in [0.3, 0.4) is 0 Å². The summed E-state index contributed by atoms with van der Waals surface area (Å²) in [5.74, 6) is 1.28. The third-order valence-corrected chi connectivity index (χ3v) is 6.76. The molecule has 2 saturated heterocycles. The minimum absolute atomic E-state index is 0.254. The van der Waals surface area contributed by atoms with Crippen LogP contribution in [0, 0.1) is 11.3 Å². The van der Waals surface area contributed by atoms with Gasteiger partial charge in [0.25, 0.3) is 0 Å². The van der Waals surface area contributed by atoms with E-state index in [0.717, 1.165) is 45.0 Å². The Balaban J connectivity index is 1.60. The lowest BCUT2D eigenvalue weighted by atomic mass is 9.74. The lowest BCUT2D eigenvalue weighted by Gasteiger charge is -2.34. The summed E-state index contributed by atoms with van der Waals surface area (Å²) in [4.78, 5) is 30.1. The van der Waals surface area contributed by atoms with Gasteiger partial charge >= 0.3 is 0 Å². The van der Waals surface area contributed by atoms with Crippen molar-refractivity contribution in [2.75, 3.05) is 45.2 Å². The number of aromatic nitrogens is 2. The maximum absolute atomic E-state index is 13.3. The Morgan fingerprint density at radius 1 is 1.30 bits per heavy atom. The number of thiophene rings is 1. The molecule has 6 nitrogen and oxygen atoms in total. The lowest BCUT2D eigenvalue weighted by Crippen LogP contribution is -2.47. The number of rotatable bonds is 4. The molecule has 2 atom stereocenters. The molecule has 0 N–H and O–H groups in total. The SMILES string of the molecule is CN(C)C(=O)[C@]12CCCN(Cc3cccs3)C[C@H]1CN(c1ncccn1)C2. The van der Waals surface area contributed by atoms with Crippen molar-refractivity contribution in [3.05, 3.63) is 40.8 Å². The number of anilines is 1. The van der Waals surface area contributed by atoms with Gasteiger partial charge in [0.05, 0.1) is 5.41 Å². The zero-order chi connectivity index (χ0) is 18.9. The molecule has 0 unspecified atom stereocenters. The number of nitrogens with zero attached hydrogens (tertiary/aromatic N) is 5. The van der Waals surface area contributed by atoms with E-state index in [4.69, 9.17) is 0 Å². The molecule has 4 heterocycles. The molecule has 2 aromatic rings. The van der Waals surface area contributed by atoms with Crippen LogP contribution in [0.5, 0.6) is 0 Å². The molecule has 0 saturated carbocycles. The molecule has 2 aromatic heterocycles. The third kappa shape index (κ3) is 3.58. The van der Waals surface area contributed by atoms with Crippen LogP contribution in [-0.2, 0) is 11.3 Å². The van der Waals surface area contributed by atoms with Crippen molar-refractivity contribution < 1.29 is 4.79 Å². The summed E-state index contributed by atoms with van der Waals surface area (Å²) in [6, 6.07) is 6.15. The van der Waals surface area contributed by atoms with Crippen LogP contribution in [0.15, 0.2) is 36.0 Å². The van der Waals surface area contributed by atoms with Crippen LogP contribution in [0.1, 0.15) is 17.7 Å². The molecule has 27 heavy (non-hydrogen) atoms. The van der Waals surface area contributed by atoms with Gasteiger partial charge in [-0.1, -0.05) is 6.07 Å². The topological polar surface area (TPSA) is 52.6 Å². The molecule has 7 heteroatoms. The van der Waals surface area contributed by atoms with Crippen LogP contribution in [-0.4, -0.2) is 65.9 Å². The number of hydrogen-bond acceptors (Lipinski definition) is 6. The van der Waals surface area contributed by atoms with Crippen LogP contribution < -0.4 is 4.90 Å². The predicted molar refractivity (Wildman–Crippen MR) is 108 cm³/mol. The first-order valence-electron chi connectivity index (χ1n) is 9.57. The van der Waals surface area contributed by atoms with Crippen LogP contribution in [0.25, 0.3) is 0 Å². The van der Waals surface area contributed by atoms with E-state index in [9.17, 15) is 4.79 Å². The van der Waals surface area contributed by atoms with Crippen molar-refractivity contribution in [2.24, 2.45) is 11.3 Å². The fourth-order valence-electron chi connectivity index (χ4n) is 4.68. The Labute approximate surface area is 164 Å². The van der Waals surface area contributed by atoms with E-state index in [1.165, 1.54) is 4.88 Å². The van der Waals surface area contributed by atoms with Gasteiger partial charge in [-0.15, -0.1) is 11.3 Å². The molecule has 0 aliphatic carbocycles. The first kappa shape index (κ1) is 18.4. The van der Waals surface area contributed by atoms with E-state index in [2.05, 4.69) is 37.3 Å². The van der Waals surface area contributed by atoms with Crippen LogP contribution in [0.4, 0.5) is 5.95 Å². The second-order valence-corrected chi connectivity index (χ2v) is 8.93. The summed E-state index contributed by atoms with van der Waals surface area (Å²) >= 11 is 1.81. The van der Waals surface area contributed by atoms with E-state index in [1.807, 2.05) is 31.5 Å². The second-order valence-electron chi connectivity index (χ2n) is 7.90. The summed E-state index contributed by atoms with van der Waals surface area (Å²) in [5, 5.41) is 2.14. The van der Waals surface area contributed by atoms with E-state index in [1.54, 1.807) is 17.3 Å². The molecule has 0 bridgehead atoms. The number of hydrogen-bond donors (Lipinski definition) is 0. The number of amides is 1. The molecule has 2 aliphatic heterocycles. The number of carbonyl (C=O) groups is 1. The Bertz CT molecular complexity index is 766. The maximum Gasteiger partial charge on any atom is 0.230 e. The van der Waals surface area contributed by atoms with Gasteiger partial charge in [-0.2, -0.15) is 0 Å². The van der Waals surface area contributed by atoms with Gasteiger partial charge in [0.2, 0.25) is 11.9 Å². The Kier molecular flexibility index (Phi) is 5.14. The first-order valence-corrected chi connectivity index (χ1v) is 10.4. The van der Waals surface area contributed by atoms with Crippen molar-refractivity contribution in [3.8, 4) is 0 Å². The third-order valence-electron chi connectivity index (χ3n) is 5.90. The van der Waals surface area contributed by atoms with Gasteiger partial charge in [0.15, 0.2) is 0 Å². The quantitative estimate of drug-likeness (QED) is 0.809. The van der Waals surface area contributed by atoms with Gasteiger partial charge < -0.3 is 9.80 Å². The van der Waals surface area contributed by atoms with Gasteiger partial charge in [0, 0.05) is 63.5 Å². The fourth-order valence-corrected chi connectivity index (χ4v) is 5.43. The second kappa shape index (κ2) is 7.56. The molecule has 4 rings (SSSR count). The van der Waals surface area contributed by atoms with Gasteiger partial charge in [-0.3, -0.25) is 9.69 Å². The largest absolute Gasteiger partial charge is 0.348 e. The highest BCUT2D eigenvalue weighted by atomic mass is 32.1. The highest BCUT2D eigenvalue weighted by Gasteiger charge is 2.54. The number of carbonyl (C=O) groups excluding carboxylic acids is 1. The molecule has 2 fully saturated rings. The van der Waals surface area contributed by atoms with Crippen molar-refractivity contribution >= 4 is 23.2 Å². The summed E-state index contributed by atoms with van der Waals surface area (Å²) in [6.45, 7) is 4.53. The molecule has 0 radical (unpaired) electrons. The van der Waals surface area contributed by atoms with Crippen molar-refractivity contribution in [1.29, 1.82) is 0 Å². The Hall–Kier alpha value is -1.99. The van der Waals surface area contributed by atoms with Gasteiger partial charge in [-0.25, -0.2) is 9.97 Å². The molecule has 2 aliphatic rings. The predicted octanol–water partition coefficient (Wildman–Crippen LogP) is 2.34. The molecular weight excluding hydrogens is 358 g/mol. The van der Waals surface area contributed by atoms with E-state index in [-0.39, 0.29) is 11.3 Å². The zero-order valence-electron chi connectivity index (χ0n) is 16.0. The summed E-state index contributed by atoms with van der Waals surface area (Å²) in [5.41, 5.74) is -0.340. The fraction of sp³-hybridized carbons (Fsp3) is 0.550. The zero-order valence-corrected chi connectivity index (χ0v) is 16.9. The first-order chi connectivity index (χ1) is 13.1.